The first-order valence-electron chi connectivity index (χ1n) is 6.79. The SMILES string of the molecule is COc1cccc(NC2CCC(CC(=O)O)CC2)c1. The molecule has 0 unspecified atom stereocenters. The molecule has 0 saturated heterocycles. The number of carboxylic acid groups (broad SMARTS) is 1. The molecule has 1 aromatic rings. The molecule has 0 bridgehead atoms. The third-order valence-corrected chi connectivity index (χ3v) is 3.75. The van der Waals surface area contributed by atoms with Gasteiger partial charge in [-0.25, -0.2) is 0 Å². The van der Waals surface area contributed by atoms with Crippen molar-refractivity contribution in [3.8, 4) is 5.75 Å². The highest BCUT2D eigenvalue weighted by Crippen LogP contribution is 2.29. The van der Waals surface area contributed by atoms with Crippen LogP contribution in [-0.2, 0) is 4.79 Å². The van der Waals surface area contributed by atoms with E-state index in [-0.39, 0.29) is 0 Å². The zero-order valence-electron chi connectivity index (χ0n) is 11.3. The lowest BCUT2D eigenvalue weighted by Crippen LogP contribution is -2.27. The van der Waals surface area contributed by atoms with Gasteiger partial charge in [0, 0.05) is 24.2 Å². The molecule has 4 heteroatoms. The minimum Gasteiger partial charge on any atom is -0.497 e. The van der Waals surface area contributed by atoms with E-state index < -0.39 is 5.97 Å². The fourth-order valence-corrected chi connectivity index (χ4v) is 2.71. The van der Waals surface area contributed by atoms with Gasteiger partial charge in [0.1, 0.15) is 5.75 Å². The van der Waals surface area contributed by atoms with Gasteiger partial charge in [-0.1, -0.05) is 6.07 Å². The van der Waals surface area contributed by atoms with Gasteiger partial charge in [-0.2, -0.15) is 0 Å². The summed E-state index contributed by atoms with van der Waals surface area (Å²) in [4.78, 5) is 10.7. The molecule has 1 aliphatic rings. The first kappa shape index (κ1) is 13.7. The lowest BCUT2D eigenvalue weighted by Gasteiger charge is -2.29. The predicted molar refractivity (Wildman–Crippen MR) is 74.6 cm³/mol. The number of hydrogen-bond donors (Lipinski definition) is 2. The van der Waals surface area contributed by atoms with Gasteiger partial charge in [-0.05, 0) is 43.7 Å². The Balaban J connectivity index is 1.83. The van der Waals surface area contributed by atoms with Gasteiger partial charge in [0.05, 0.1) is 7.11 Å². The summed E-state index contributed by atoms with van der Waals surface area (Å²) < 4.78 is 5.20. The summed E-state index contributed by atoms with van der Waals surface area (Å²) in [5.41, 5.74) is 1.07. The van der Waals surface area contributed by atoms with Crippen LogP contribution in [0, 0.1) is 5.92 Å². The Hall–Kier alpha value is -1.71. The molecule has 1 aliphatic carbocycles. The quantitative estimate of drug-likeness (QED) is 0.856. The topological polar surface area (TPSA) is 58.6 Å². The van der Waals surface area contributed by atoms with Gasteiger partial charge < -0.3 is 15.2 Å². The van der Waals surface area contributed by atoms with Crippen LogP contribution in [0.25, 0.3) is 0 Å². The summed E-state index contributed by atoms with van der Waals surface area (Å²) in [5, 5.41) is 12.3. The van der Waals surface area contributed by atoms with Crippen molar-refractivity contribution in [3.63, 3.8) is 0 Å². The molecule has 0 aliphatic heterocycles. The summed E-state index contributed by atoms with van der Waals surface area (Å²) in [7, 11) is 1.66. The summed E-state index contributed by atoms with van der Waals surface area (Å²) in [6, 6.07) is 8.36. The van der Waals surface area contributed by atoms with Crippen LogP contribution in [0.5, 0.6) is 5.75 Å². The molecule has 19 heavy (non-hydrogen) atoms. The Labute approximate surface area is 113 Å². The third-order valence-electron chi connectivity index (χ3n) is 3.75. The van der Waals surface area contributed by atoms with Gasteiger partial charge in [0.2, 0.25) is 0 Å². The third kappa shape index (κ3) is 4.16. The fourth-order valence-electron chi connectivity index (χ4n) is 2.71. The Morgan fingerprint density at radius 2 is 2.11 bits per heavy atom. The monoisotopic (exact) mass is 263 g/mol. The first-order chi connectivity index (χ1) is 9.17. The summed E-state index contributed by atoms with van der Waals surface area (Å²) in [6.07, 6.45) is 4.37. The first-order valence-corrected chi connectivity index (χ1v) is 6.79. The molecule has 0 aromatic heterocycles. The largest absolute Gasteiger partial charge is 0.497 e. The molecule has 0 amide bonds. The maximum Gasteiger partial charge on any atom is 0.303 e. The predicted octanol–water partition coefficient (Wildman–Crippen LogP) is 3.14. The van der Waals surface area contributed by atoms with Crippen molar-refractivity contribution >= 4 is 11.7 Å². The Morgan fingerprint density at radius 1 is 1.37 bits per heavy atom. The molecular formula is C15H21NO3. The van der Waals surface area contributed by atoms with Gasteiger partial charge in [0.25, 0.3) is 0 Å². The standard InChI is InChI=1S/C15H21NO3/c1-19-14-4-2-3-13(10-14)16-12-7-5-11(6-8-12)9-15(17)18/h2-4,10-12,16H,5-9H2,1H3,(H,17,18). The second-order valence-corrected chi connectivity index (χ2v) is 5.19. The maximum atomic E-state index is 10.7. The van der Waals surface area contributed by atoms with E-state index in [1.54, 1.807) is 7.11 Å². The molecule has 1 aromatic carbocycles. The summed E-state index contributed by atoms with van der Waals surface area (Å²) >= 11 is 0. The average molecular weight is 263 g/mol. The highest BCUT2D eigenvalue weighted by molar-refractivity contribution is 5.67. The second-order valence-electron chi connectivity index (χ2n) is 5.19. The van der Waals surface area contributed by atoms with E-state index in [1.165, 1.54) is 0 Å². The Morgan fingerprint density at radius 3 is 2.74 bits per heavy atom. The van der Waals surface area contributed by atoms with Gasteiger partial charge in [0.15, 0.2) is 0 Å². The molecule has 2 rings (SSSR count). The molecule has 0 spiro atoms. The van der Waals surface area contributed by atoms with Crippen molar-refractivity contribution in [2.24, 2.45) is 5.92 Å². The van der Waals surface area contributed by atoms with E-state index in [9.17, 15) is 4.79 Å². The van der Waals surface area contributed by atoms with Crippen LogP contribution in [-0.4, -0.2) is 24.2 Å². The minimum absolute atomic E-state index is 0.311. The van der Waals surface area contributed by atoms with Crippen molar-refractivity contribution in [3.05, 3.63) is 24.3 Å². The molecule has 2 N–H and O–H groups in total. The molecule has 1 saturated carbocycles. The fraction of sp³-hybridized carbons (Fsp3) is 0.533. The molecule has 104 valence electrons. The van der Waals surface area contributed by atoms with Crippen LogP contribution in [0.1, 0.15) is 32.1 Å². The van der Waals surface area contributed by atoms with Crippen LogP contribution in [0.15, 0.2) is 24.3 Å². The number of rotatable bonds is 5. The van der Waals surface area contributed by atoms with Crippen LogP contribution >= 0.6 is 0 Å². The number of carboxylic acids is 1. The van der Waals surface area contributed by atoms with Crippen molar-refractivity contribution in [2.75, 3.05) is 12.4 Å². The van der Waals surface area contributed by atoms with Crippen molar-refractivity contribution in [1.29, 1.82) is 0 Å². The summed E-state index contributed by atoms with van der Waals surface area (Å²) in [5.74, 6) is 0.523. The normalized spacial score (nSPS) is 22.8. The molecule has 0 heterocycles. The van der Waals surface area contributed by atoms with Crippen LogP contribution < -0.4 is 10.1 Å². The number of carbonyl (C=O) groups is 1. The zero-order valence-corrected chi connectivity index (χ0v) is 11.3. The molecule has 1 fully saturated rings. The van der Waals surface area contributed by atoms with E-state index in [2.05, 4.69) is 5.32 Å². The molecule has 4 nitrogen and oxygen atoms in total. The van der Waals surface area contributed by atoms with Crippen molar-refractivity contribution < 1.29 is 14.6 Å². The Kier molecular flexibility index (Phi) is 4.66. The van der Waals surface area contributed by atoms with E-state index in [4.69, 9.17) is 9.84 Å². The van der Waals surface area contributed by atoms with E-state index >= 15 is 0 Å². The van der Waals surface area contributed by atoms with Gasteiger partial charge in [-0.3, -0.25) is 4.79 Å². The highest BCUT2D eigenvalue weighted by Gasteiger charge is 2.22. The lowest BCUT2D eigenvalue weighted by atomic mass is 9.84. The minimum atomic E-state index is -0.677. The van der Waals surface area contributed by atoms with Crippen LogP contribution in [0.3, 0.4) is 0 Å². The lowest BCUT2D eigenvalue weighted by molar-refractivity contribution is -0.138. The number of methoxy groups -OCH3 is 1. The maximum absolute atomic E-state index is 10.7. The van der Waals surface area contributed by atoms with Crippen LogP contribution in [0.4, 0.5) is 5.69 Å². The number of aliphatic carboxylic acids is 1. The van der Waals surface area contributed by atoms with Gasteiger partial charge in [-0.15, -0.1) is 0 Å². The number of anilines is 1. The second kappa shape index (κ2) is 6.45. The van der Waals surface area contributed by atoms with Crippen molar-refractivity contribution in [2.45, 2.75) is 38.1 Å². The highest BCUT2D eigenvalue weighted by atomic mass is 16.5. The van der Waals surface area contributed by atoms with E-state index in [1.807, 2.05) is 24.3 Å². The number of benzene rings is 1. The zero-order chi connectivity index (χ0) is 13.7. The molecular weight excluding hydrogens is 242 g/mol. The number of hydrogen-bond acceptors (Lipinski definition) is 3. The van der Waals surface area contributed by atoms with Crippen LogP contribution in [0.2, 0.25) is 0 Å². The smallest absolute Gasteiger partial charge is 0.303 e. The average Bonchev–Trinajstić information content (AvgIpc) is 2.41. The van der Waals surface area contributed by atoms with Crippen molar-refractivity contribution in [1.82, 2.24) is 0 Å². The number of ether oxygens (including phenoxy) is 1. The molecule has 0 radical (unpaired) electrons. The van der Waals surface area contributed by atoms with E-state index in [0.717, 1.165) is 37.1 Å². The molecule has 0 atom stereocenters. The summed E-state index contributed by atoms with van der Waals surface area (Å²) in [6.45, 7) is 0. The Bertz CT molecular complexity index is 425. The number of nitrogens with one attached hydrogen (secondary N) is 1. The van der Waals surface area contributed by atoms with E-state index in [0.29, 0.717) is 18.4 Å². The van der Waals surface area contributed by atoms with Gasteiger partial charge >= 0.3 is 5.97 Å².